The minimum atomic E-state index is -1.32. The molecule has 0 bridgehead atoms. The van der Waals surface area contributed by atoms with Crippen molar-refractivity contribution in [1.29, 1.82) is 0 Å². The molecule has 36 heavy (non-hydrogen) atoms. The highest BCUT2D eigenvalue weighted by molar-refractivity contribution is 6.30. The molecule has 7 nitrogen and oxygen atoms in total. The Morgan fingerprint density at radius 3 is 2.25 bits per heavy atom. The monoisotopic (exact) mass is 505 g/mol. The first kappa shape index (κ1) is 25.4. The number of likely N-dealkylation sites (tertiary alicyclic amines) is 1. The number of amides is 2. The molecular formula is C28H28ClN3O4. The van der Waals surface area contributed by atoms with Crippen LogP contribution in [0.5, 0.6) is 0 Å². The molecule has 1 aliphatic rings. The lowest BCUT2D eigenvalue weighted by molar-refractivity contribution is -0.137. The molecule has 4 rings (SSSR count). The molecule has 1 atom stereocenters. The van der Waals surface area contributed by atoms with Crippen molar-refractivity contribution in [2.24, 2.45) is 5.92 Å². The van der Waals surface area contributed by atoms with E-state index in [0.29, 0.717) is 43.1 Å². The Morgan fingerprint density at radius 2 is 1.58 bits per heavy atom. The smallest absolute Gasteiger partial charge is 0.253 e. The molecule has 0 radical (unpaired) electrons. The van der Waals surface area contributed by atoms with Crippen LogP contribution in [-0.2, 0) is 16.0 Å². The predicted molar refractivity (Wildman–Crippen MR) is 138 cm³/mol. The van der Waals surface area contributed by atoms with Crippen LogP contribution >= 0.6 is 11.6 Å². The van der Waals surface area contributed by atoms with E-state index in [2.05, 4.69) is 5.32 Å². The number of aromatic nitrogens is 1. The number of hydrogen-bond acceptors (Lipinski definition) is 4. The number of nitrogens with zero attached hydrogens (tertiary/aromatic N) is 2. The molecule has 2 heterocycles. The fraction of sp³-hybridized carbons (Fsp3) is 0.286. The minimum absolute atomic E-state index is 0.0221. The van der Waals surface area contributed by atoms with Gasteiger partial charge in [0, 0.05) is 48.4 Å². The molecule has 1 N–H and O–H groups in total. The summed E-state index contributed by atoms with van der Waals surface area (Å²) >= 11 is 5.95. The molecule has 2 amide bonds. The molecule has 186 valence electrons. The molecular weight excluding hydrogens is 478 g/mol. The van der Waals surface area contributed by atoms with E-state index in [9.17, 15) is 19.2 Å². The lowest BCUT2D eigenvalue weighted by Gasteiger charge is -2.33. The molecule has 1 aliphatic heterocycles. The highest BCUT2D eigenvalue weighted by Gasteiger charge is 2.36. The maximum Gasteiger partial charge on any atom is 0.253 e. The van der Waals surface area contributed by atoms with Gasteiger partial charge in [0.15, 0.2) is 11.8 Å². The number of hydrogen-bond donors (Lipinski definition) is 1. The average Bonchev–Trinajstić information content (AvgIpc) is 2.91. The van der Waals surface area contributed by atoms with Crippen molar-refractivity contribution in [3.63, 3.8) is 0 Å². The van der Waals surface area contributed by atoms with Gasteiger partial charge in [0.2, 0.25) is 5.91 Å². The van der Waals surface area contributed by atoms with Crippen molar-refractivity contribution >= 4 is 29.2 Å². The van der Waals surface area contributed by atoms with Crippen LogP contribution in [0.25, 0.3) is 0 Å². The van der Waals surface area contributed by atoms with Crippen LogP contribution in [0, 0.1) is 5.92 Å². The van der Waals surface area contributed by atoms with Crippen LogP contribution in [0.4, 0.5) is 0 Å². The first-order valence-electron chi connectivity index (χ1n) is 12.0. The Kier molecular flexibility index (Phi) is 8.33. The summed E-state index contributed by atoms with van der Waals surface area (Å²) in [7, 11) is 0. The van der Waals surface area contributed by atoms with Gasteiger partial charge in [0.25, 0.3) is 11.5 Å². The molecule has 8 heteroatoms. The number of nitrogens with one attached hydrogen (secondary N) is 1. The third kappa shape index (κ3) is 6.10. The number of pyridine rings is 1. The van der Waals surface area contributed by atoms with Gasteiger partial charge >= 0.3 is 0 Å². The first-order valence-corrected chi connectivity index (χ1v) is 12.4. The number of carbonyl (C=O) groups excluding carboxylic acids is 3. The van der Waals surface area contributed by atoms with Gasteiger partial charge in [-0.15, -0.1) is 0 Å². The van der Waals surface area contributed by atoms with Gasteiger partial charge in [-0.05, 0) is 55.2 Å². The largest absolute Gasteiger partial charge is 0.356 e. The van der Waals surface area contributed by atoms with Gasteiger partial charge in [-0.3, -0.25) is 23.7 Å². The second-order valence-corrected chi connectivity index (χ2v) is 9.28. The summed E-state index contributed by atoms with van der Waals surface area (Å²) in [6.07, 6.45) is 3.19. The van der Waals surface area contributed by atoms with E-state index in [-0.39, 0.29) is 11.8 Å². The van der Waals surface area contributed by atoms with Crippen LogP contribution in [-0.4, -0.2) is 46.7 Å². The molecule has 1 saturated heterocycles. The predicted octanol–water partition coefficient (Wildman–Crippen LogP) is 3.52. The molecule has 2 aromatic carbocycles. The Balaban J connectivity index is 1.41. The van der Waals surface area contributed by atoms with Crippen LogP contribution in [0.3, 0.4) is 0 Å². The van der Waals surface area contributed by atoms with Crippen LogP contribution < -0.4 is 10.9 Å². The zero-order valence-corrected chi connectivity index (χ0v) is 20.6. The summed E-state index contributed by atoms with van der Waals surface area (Å²) < 4.78 is 1.17. The topological polar surface area (TPSA) is 88.5 Å². The van der Waals surface area contributed by atoms with Crippen molar-refractivity contribution in [1.82, 2.24) is 14.8 Å². The van der Waals surface area contributed by atoms with Crippen molar-refractivity contribution < 1.29 is 14.4 Å². The quantitative estimate of drug-likeness (QED) is 0.375. The van der Waals surface area contributed by atoms with Gasteiger partial charge in [-0.2, -0.15) is 0 Å². The summed E-state index contributed by atoms with van der Waals surface area (Å²) in [6.45, 7) is 1.22. The van der Waals surface area contributed by atoms with Crippen molar-refractivity contribution in [2.75, 3.05) is 19.6 Å². The SMILES string of the molecule is O=C(NCCc1ccccc1)C1CCN(C(=O)[C@H](C(=O)c2ccc(Cl)cc2)n2ccccc2=O)CC1. The Hall–Kier alpha value is -3.71. The zero-order valence-electron chi connectivity index (χ0n) is 19.8. The standard InChI is InChI=1S/C28H28ClN3O4/c29-23-11-9-21(10-12-23)26(34)25(32-17-5-4-8-24(32)33)28(36)31-18-14-22(15-19-31)27(35)30-16-13-20-6-2-1-3-7-20/h1-12,17,22,25H,13-16,18-19H2,(H,30,35)/t25-/m0/s1. The van der Waals surface area contributed by atoms with Crippen molar-refractivity contribution in [3.8, 4) is 0 Å². The maximum atomic E-state index is 13.6. The van der Waals surface area contributed by atoms with Crippen molar-refractivity contribution in [2.45, 2.75) is 25.3 Å². The van der Waals surface area contributed by atoms with Crippen LogP contribution in [0.2, 0.25) is 5.02 Å². The summed E-state index contributed by atoms with van der Waals surface area (Å²) in [5.74, 6) is -1.15. The fourth-order valence-electron chi connectivity index (χ4n) is 4.44. The van der Waals surface area contributed by atoms with Gasteiger partial charge in [0.1, 0.15) is 0 Å². The minimum Gasteiger partial charge on any atom is -0.356 e. The second kappa shape index (κ2) is 11.8. The number of halogens is 1. The first-order chi connectivity index (χ1) is 17.4. The van der Waals surface area contributed by atoms with Gasteiger partial charge < -0.3 is 10.2 Å². The molecule has 0 spiro atoms. The van der Waals surface area contributed by atoms with E-state index < -0.39 is 23.3 Å². The Labute approximate surface area is 214 Å². The number of ketones is 1. The number of rotatable bonds is 8. The molecule has 0 aliphatic carbocycles. The number of benzene rings is 2. The van der Waals surface area contributed by atoms with E-state index in [1.165, 1.54) is 16.8 Å². The van der Waals surface area contributed by atoms with E-state index in [1.54, 1.807) is 41.3 Å². The lowest BCUT2D eigenvalue weighted by atomic mass is 9.94. The number of piperidine rings is 1. The summed E-state index contributed by atoms with van der Waals surface area (Å²) in [4.78, 5) is 53.7. The van der Waals surface area contributed by atoms with E-state index in [0.717, 1.165) is 12.0 Å². The van der Waals surface area contributed by atoms with Gasteiger partial charge in [-0.1, -0.05) is 48.0 Å². The van der Waals surface area contributed by atoms with E-state index in [1.807, 2.05) is 30.3 Å². The third-order valence-electron chi connectivity index (χ3n) is 6.47. The highest BCUT2D eigenvalue weighted by atomic mass is 35.5. The summed E-state index contributed by atoms with van der Waals surface area (Å²) in [5.41, 5.74) is 1.01. The highest BCUT2D eigenvalue weighted by Crippen LogP contribution is 2.23. The molecule has 1 aromatic heterocycles. The third-order valence-corrected chi connectivity index (χ3v) is 6.73. The lowest BCUT2D eigenvalue weighted by Crippen LogP contribution is -2.48. The average molecular weight is 506 g/mol. The Morgan fingerprint density at radius 1 is 0.917 bits per heavy atom. The van der Waals surface area contributed by atoms with E-state index >= 15 is 0 Å². The zero-order chi connectivity index (χ0) is 25.5. The second-order valence-electron chi connectivity index (χ2n) is 8.85. The van der Waals surface area contributed by atoms with Crippen LogP contribution in [0.15, 0.2) is 83.8 Å². The number of Topliss-reactive ketones (excluding diaryl/α,β-unsaturated/α-hetero) is 1. The number of carbonyl (C=O) groups is 3. The summed E-state index contributed by atoms with van der Waals surface area (Å²) in [6, 6.07) is 19.4. The molecule has 0 saturated carbocycles. The fourth-order valence-corrected chi connectivity index (χ4v) is 4.56. The maximum absolute atomic E-state index is 13.6. The van der Waals surface area contributed by atoms with Gasteiger partial charge in [-0.25, -0.2) is 0 Å². The van der Waals surface area contributed by atoms with Crippen LogP contribution in [0.1, 0.15) is 34.8 Å². The molecule has 0 unspecified atom stereocenters. The summed E-state index contributed by atoms with van der Waals surface area (Å²) in [5, 5.41) is 3.46. The van der Waals surface area contributed by atoms with Gasteiger partial charge in [0.05, 0.1) is 0 Å². The normalized spacial score (nSPS) is 14.8. The van der Waals surface area contributed by atoms with E-state index in [4.69, 9.17) is 11.6 Å². The Bertz CT molecular complexity index is 1270. The molecule has 3 aromatic rings. The van der Waals surface area contributed by atoms with Crippen molar-refractivity contribution in [3.05, 3.63) is 105 Å². The molecule has 1 fully saturated rings.